The van der Waals surface area contributed by atoms with Gasteiger partial charge in [0.2, 0.25) is 0 Å². The summed E-state index contributed by atoms with van der Waals surface area (Å²) in [6.07, 6.45) is -8.73. The molecule has 1 aliphatic carbocycles. The Morgan fingerprint density at radius 1 is 0.308 bits per heavy atom. The van der Waals surface area contributed by atoms with E-state index in [1.54, 1.807) is 47.4 Å². The van der Waals surface area contributed by atoms with Crippen LogP contribution in [0, 0.1) is 13.8 Å². The Hall–Kier alpha value is -5.89. The van der Waals surface area contributed by atoms with Crippen molar-refractivity contribution in [2.45, 2.75) is 107 Å². The number of aryl methyl sites for hydroxylation is 2. The van der Waals surface area contributed by atoms with Crippen molar-refractivity contribution in [1.82, 2.24) is 0 Å². The Kier molecular flexibility index (Phi) is 16.4. The molecule has 9 aromatic rings. The zero-order valence-corrected chi connectivity index (χ0v) is 46.1. The van der Waals surface area contributed by atoms with Gasteiger partial charge in [-0.15, -0.1) is 39.5 Å². The predicted octanol–water partition coefficient (Wildman–Crippen LogP) is 21.9. The number of hydrogen-bond acceptors (Lipinski definition) is 9. The zero-order valence-electron chi connectivity index (χ0n) is 41.2. The lowest BCUT2D eigenvalue weighted by atomic mass is 9.94. The van der Waals surface area contributed by atoms with Gasteiger partial charge in [-0.05, 0) is 204 Å². The van der Waals surface area contributed by atoms with Gasteiger partial charge in [0.25, 0.3) is 0 Å². The normalized spacial score (nSPS) is 13.2. The molecule has 0 atom stereocenters. The number of benzene rings is 9. The zero-order chi connectivity index (χ0) is 54.9. The van der Waals surface area contributed by atoms with E-state index in [1.165, 1.54) is 102 Å². The topological polar surface area (TPSA) is 27.7 Å². The number of ether oxygens (including phenoxy) is 3. The highest BCUT2D eigenvalue weighted by Crippen LogP contribution is 2.51. The third-order valence-electron chi connectivity index (χ3n) is 12.0. The summed E-state index contributed by atoms with van der Waals surface area (Å²) in [5.74, 6) is -1.13. The molecule has 3 nitrogen and oxygen atoms in total. The Labute approximate surface area is 468 Å². The van der Waals surface area contributed by atoms with E-state index in [9.17, 15) is 39.5 Å². The Bertz CT molecular complexity index is 3730. The van der Waals surface area contributed by atoms with E-state index in [-0.39, 0.29) is 11.5 Å². The van der Waals surface area contributed by atoms with Crippen LogP contribution in [0.5, 0.6) is 17.2 Å². The number of fused-ring (bicyclic) bond motifs is 6. The van der Waals surface area contributed by atoms with Crippen molar-refractivity contribution in [3.8, 4) is 17.2 Å². The van der Waals surface area contributed by atoms with Gasteiger partial charge in [0.15, 0.2) is 0 Å². The highest BCUT2D eigenvalue weighted by molar-refractivity contribution is 8.05. The van der Waals surface area contributed by atoms with Crippen molar-refractivity contribution in [1.29, 1.82) is 0 Å². The second-order valence-electron chi connectivity index (χ2n) is 18.0. The van der Waals surface area contributed by atoms with Crippen molar-refractivity contribution < 1.29 is 53.7 Å². The highest BCUT2D eigenvalue weighted by Gasteiger charge is 2.33. The van der Waals surface area contributed by atoms with Crippen LogP contribution in [0.4, 0.5) is 39.5 Å². The number of allylic oxidation sites excluding steroid dienone is 4. The van der Waals surface area contributed by atoms with Gasteiger partial charge in [-0.3, -0.25) is 0 Å². The molecule has 0 unspecified atom stereocenters. The first kappa shape index (κ1) is 55.4. The number of hydrogen-bond donors (Lipinski definition) is 0. The number of halogens is 9. The molecule has 0 heterocycles. The molecule has 0 saturated heterocycles. The maximum atomic E-state index is 13.3. The fraction of sp³-hybridized carbons (Fsp3) is 0.133. The smallest absolute Gasteiger partial charge is 0.406 e. The first-order chi connectivity index (χ1) is 37.1. The lowest BCUT2D eigenvalue weighted by Crippen LogP contribution is -2.16. The van der Waals surface area contributed by atoms with E-state index < -0.39 is 24.8 Å². The molecule has 0 spiro atoms. The third kappa shape index (κ3) is 14.3. The molecule has 0 bridgehead atoms. The Morgan fingerprint density at radius 3 is 0.782 bits per heavy atom. The maximum absolute atomic E-state index is 13.3. The lowest BCUT2D eigenvalue weighted by Gasteiger charge is -2.20. The van der Waals surface area contributed by atoms with Crippen molar-refractivity contribution >= 4 is 103 Å². The minimum absolute atomic E-state index is 0.349. The van der Waals surface area contributed by atoms with Crippen LogP contribution < -0.4 is 14.2 Å². The molecule has 78 heavy (non-hydrogen) atoms. The van der Waals surface area contributed by atoms with E-state index in [0.29, 0.717) is 24.5 Å². The van der Waals surface area contributed by atoms with Crippen LogP contribution in [-0.2, 0) is 0 Å². The molecule has 0 fully saturated rings. The first-order valence-electron chi connectivity index (χ1n) is 23.8. The van der Waals surface area contributed by atoms with Crippen LogP contribution in [-0.4, -0.2) is 19.1 Å². The predicted molar refractivity (Wildman–Crippen MR) is 298 cm³/mol. The van der Waals surface area contributed by atoms with Crippen LogP contribution in [0.15, 0.2) is 234 Å². The second-order valence-corrected chi connectivity index (χ2v) is 24.7. The summed E-state index contributed by atoms with van der Waals surface area (Å²) in [5.41, 5.74) is 3.50. The third-order valence-corrected chi connectivity index (χ3v) is 18.9. The van der Waals surface area contributed by atoms with E-state index in [4.69, 9.17) is 0 Å². The average molecular weight is 1170 g/mol. The van der Waals surface area contributed by atoms with Gasteiger partial charge >= 0.3 is 19.1 Å². The van der Waals surface area contributed by atoms with Gasteiger partial charge in [-0.25, -0.2) is 0 Å². The van der Waals surface area contributed by atoms with E-state index >= 15 is 0 Å². The van der Waals surface area contributed by atoms with Crippen LogP contribution in [0.3, 0.4) is 0 Å². The van der Waals surface area contributed by atoms with E-state index in [1.807, 2.05) is 19.9 Å². The van der Waals surface area contributed by atoms with Crippen LogP contribution in [0.2, 0.25) is 0 Å². The monoisotopic (exact) mass is 1170 g/mol. The van der Waals surface area contributed by atoms with Crippen LogP contribution in [0.25, 0.3) is 32.3 Å². The second kappa shape index (κ2) is 23.1. The molecule has 10 rings (SSSR count). The van der Waals surface area contributed by atoms with Crippen LogP contribution >= 0.6 is 70.6 Å². The summed E-state index contributed by atoms with van der Waals surface area (Å²) in [4.78, 5) is 10.2. The van der Waals surface area contributed by atoms with Crippen molar-refractivity contribution in [2.24, 2.45) is 0 Å². The van der Waals surface area contributed by atoms with Crippen molar-refractivity contribution in [3.63, 3.8) is 0 Å². The summed E-state index contributed by atoms with van der Waals surface area (Å²) in [6, 6.07) is 46.2. The molecule has 0 aromatic heterocycles. The minimum atomic E-state index is -4.90. The number of rotatable bonds is 15. The van der Waals surface area contributed by atoms with Gasteiger partial charge < -0.3 is 14.2 Å². The molecule has 9 aromatic carbocycles. The van der Waals surface area contributed by atoms with Gasteiger partial charge in [0.1, 0.15) is 17.2 Å². The summed E-state index contributed by atoms with van der Waals surface area (Å²) in [6.45, 7) is 6.16. The van der Waals surface area contributed by atoms with Crippen molar-refractivity contribution in [3.05, 3.63) is 191 Å². The summed E-state index contributed by atoms with van der Waals surface area (Å²) in [5, 5.41) is 5.28. The SMILES string of the molecule is CC1=CCC(Sc2cc3c(cc2Sc2ccc(OC(F)(F)F)cc2)c2cc(Sc4ccc(OC(F)(F)F)cc4)c(Sc4ccc(OC(F)(F)F)cc4)cc2c2cc(Sc4ccc(C)cc4)c(Sc4ccc(C)cc4)cc32)=CC1. The quantitative estimate of drug-likeness (QED) is 0.0565. The molecular weight excluding hydrogens is 1130 g/mol. The summed E-state index contributed by atoms with van der Waals surface area (Å²) >= 11 is 8.92. The van der Waals surface area contributed by atoms with Gasteiger partial charge in [-0.2, -0.15) is 0 Å². The fourth-order valence-corrected chi connectivity index (χ4v) is 14.4. The Morgan fingerprint density at radius 2 is 0.551 bits per heavy atom. The number of thioether (sulfide) groups is 1. The standard InChI is InChI=1S/C60H41F9O3S6/c1-34-4-16-40(17-5-34)73-52-28-46-47(29-53(52)74-41-18-6-35(2)7-19-41)50-32-56(77-44-24-12-38(13-25-44)71-59(64,65)66)57(78-45-26-14-39(15-27-45)72-60(67,68)69)33-51(50)49-31-55(76-43-22-10-37(11-23-43)70-58(61,62)63)54(30-48(46)49)75-42-20-8-36(3)9-21-42/h4-8,10-19,21-33H,9,20H2,1-3H3. The largest absolute Gasteiger partial charge is 0.573 e. The highest BCUT2D eigenvalue weighted by atomic mass is 32.2. The van der Waals surface area contributed by atoms with Crippen LogP contribution in [0.1, 0.15) is 30.9 Å². The molecule has 398 valence electrons. The van der Waals surface area contributed by atoms with E-state index in [2.05, 4.69) is 112 Å². The molecule has 0 amide bonds. The van der Waals surface area contributed by atoms with Gasteiger partial charge in [0.05, 0.1) is 0 Å². The first-order valence-corrected chi connectivity index (χ1v) is 28.7. The maximum Gasteiger partial charge on any atom is 0.573 e. The molecule has 0 N–H and O–H groups in total. The molecule has 0 radical (unpaired) electrons. The fourth-order valence-electron chi connectivity index (χ4n) is 8.41. The van der Waals surface area contributed by atoms with Gasteiger partial charge in [-0.1, -0.05) is 124 Å². The van der Waals surface area contributed by atoms with Crippen molar-refractivity contribution in [2.75, 3.05) is 0 Å². The molecule has 0 saturated carbocycles. The summed E-state index contributed by atoms with van der Waals surface area (Å²) in [7, 11) is 0. The lowest BCUT2D eigenvalue weighted by molar-refractivity contribution is -0.275. The summed E-state index contributed by atoms with van der Waals surface area (Å²) < 4.78 is 132. The minimum Gasteiger partial charge on any atom is -0.406 e. The van der Waals surface area contributed by atoms with E-state index in [0.717, 1.165) is 90.6 Å². The molecule has 0 aliphatic heterocycles. The Balaban J connectivity index is 1.23. The van der Waals surface area contributed by atoms with Gasteiger partial charge in [0, 0.05) is 53.9 Å². The molecule has 18 heteroatoms. The number of alkyl halides is 9. The molecule has 1 aliphatic rings. The average Bonchev–Trinajstić information content (AvgIpc) is 3.48. The molecular formula is C60H41F9O3S6.